The Morgan fingerprint density at radius 2 is 2.04 bits per heavy atom. The third kappa shape index (κ3) is 4.08. The summed E-state index contributed by atoms with van der Waals surface area (Å²) in [7, 11) is 1.40. The van der Waals surface area contributed by atoms with Crippen molar-refractivity contribution in [1.82, 2.24) is 5.32 Å². The molecule has 1 aromatic rings. The van der Waals surface area contributed by atoms with Crippen molar-refractivity contribution < 1.29 is 32.3 Å². The number of urea groups is 1. The smallest absolute Gasteiger partial charge is 0.385 e. The molecule has 1 atom stereocenters. The molecule has 0 aromatic heterocycles. The minimum atomic E-state index is -4.82. The number of halogens is 3. The van der Waals surface area contributed by atoms with E-state index in [2.05, 4.69) is 10.6 Å². The van der Waals surface area contributed by atoms with Gasteiger partial charge in [0.15, 0.2) is 0 Å². The molecule has 0 aliphatic carbocycles. The van der Waals surface area contributed by atoms with Gasteiger partial charge in [-0.05, 0) is 18.2 Å². The number of carbonyl (C=O) groups is 3. The molecule has 0 spiro atoms. The van der Waals surface area contributed by atoms with E-state index in [1.165, 1.54) is 13.2 Å². The van der Waals surface area contributed by atoms with Gasteiger partial charge < -0.3 is 15.4 Å². The quantitative estimate of drug-likeness (QED) is 0.789. The van der Waals surface area contributed by atoms with Gasteiger partial charge in [-0.15, -0.1) is 0 Å². The number of ether oxygens (including phenoxy) is 1. The van der Waals surface area contributed by atoms with Gasteiger partial charge >= 0.3 is 12.2 Å². The molecule has 2 N–H and O–H groups in total. The number of carbonyl (C=O) groups excluding carboxylic acids is 3. The number of imide groups is 1. The molecule has 1 fully saturated rings. The zero-order chi connectivity index (χ0) is 18.8. The highest BCUT2D eigenvalue weighted by molar-refractivity contribution is 6.21. The van der Waals surface area contributed by atoms with Crippen LogP contribution in [0.15, 0.2) is 18.2 Å². The maximum atomic E-state index is 13.4. The molecule has 0 radical (unpaired) electrons. The Morgan fingerprint density at radius 1 is 1.36 bits per heavy atom. The third-order valence-electron chi connectivity index (χ3n) is 3.49. The lowest BCUT2D eigenvalue weighted by atomic mass is 10.1. The van der Waals surface area contributed by atoms with Crippen molar-refractivity contribution in [1.29, 1.82) is 0 Å². The molecule has 7 nitrogen and oxygen atoms in total. The Bertz CT molecular complexity index is 706. The van der Waals surface area contributed by atoms with Crippen LogP contribution in [0.5, 0.6) is 0 Å². The number of rotatable bonds is 5. The highest BCUT2D eigenvalue weighted by Crippen LogP contribution is 2.39. The van der Waals surface area contributed by atoms with Crippen molar-refractivity contribution >= 4 is 29.2 Å². The molecule has 4 amide bonds. The van der Waals surface area contributed by atoms with Crippen LogP contribution in [0.1, 0.15) is 18.9 Å². The number of nitrogens with one attached hydrogen (secondary N) is 2. The largest absolute Gasteiger partial charge is 0.418 e. The summed E-state index contributed by atoms with van der Waals surface area (Å²) < 4.78 is 44.9. The first-order chi connectivity index (χ1) is 11.6. The molecular formula is C15H16F3N3O4. The molecule has 1 saturated heterocycles. The maximum Gasteiger partial charge on any atom is 0.418 e. The van der Waals surface area contributed by atoms with Crippen LogP contribution in [0.4, 0.5) is 29.3 Å². The summed E-state index contributed by atoms with van der Waals surface area (Å²) in [6, 6.07) is 0.950. The molecule has 1 heterocycles. The topological polar surface area (TPSA) is 87.7 Å². The Morgan fingerprint density at radius 3 is 2.60 bits per heavy atom. The summed E-state index contributed by atoms with van der Waals surface area (Å²) >= 11 is 0. The van der Waals surface area contributed by atoms with E-state index in [0.29, 0.717) is 11.0 Å². The first-order valence-electron chi connectivity index (χ1n) is 7.27. The molecule has 0 bridgehead atoms. The van der Waals surface area contributed by atoms with Crippen LogP contribution in [-0.4, -0.2) is 37.6 Å². The molecule has 1 aromatic carbocycles. The first-order valence-corrected chi connectivity index (χ1v) is 7.27. The average molecular weight is 359 g/mol. The van der Waals surface area contributed by atoms with Crippen LogP contribution >= 0.6 is 0 Å². The van der Waals surface area contributed by atoms with E-state index in [4.69, 9.17) is 4.74 Å². The van der Waals surface area contributed by atoms with Crippen LogP contribution < -0.4 is 15.5 Å². The van der Waals surface area contributed by atoms with Crippen molar-refractivity contribution in [2.24, 2.45) is 0 Å². The van der Waals surface area contributed by atoms with E-state index < -0.39 is 41.3 Å². The maximum absolute atomic E-state index is 13.4. The predicted molar refractivity (Wildman–Crippen MR) is 82.0 cm³/mol. The van der Waals surface area contributed by atoms with E-state index >= 15 is 0 Å². The SMILES string of the molecule is COCC[C@H]1NC(=O)N(c2ccc(NC(C)=O)cc2C(F)(F)F)C1=O. The molecule has 10 heteroatoms. The van der Waals surface area contributed by atoms with Crippen molar-refractivity contribution in [3.05, 3.63) is 23.8 Å². The summed E-state index contributed by atoms with van der Waals surface area (Å²) in [5.41, 5.74) is -1.88. The monoisotopic (exact) mass is 359 g/mol. The minimum absolute atomic E-state index is 0.0911. The normalized spacial score (nSPS) is 17.6. The minimum Gasteiger partial charge on any atom is -0.385 e. The van der Waals surface area contributed by atoms with Crippen LogP contribution in [0, 0.1) is 0 Å². The number of methoxy groups -OCH3 is 1. The molecule has 136 valence electrons. The Kier molecular flexibility index (Phi) is 5.31. The summed E-state index contributed by atoms with van der Waals surface area (Å²) in [6.07, 6.45) is -4.68. The molecule has 0 saturated carbocycles. The molecule has 25 heavy (non-hydrogen) atoms. The number of hydrogen-bond donors (Lipinski definition) is 2. The number of benzene rings is 1. The lowest BCUT2D eigenvalue weighted by molar-refractivity contribution is -0.137. The van der Waals surface area contributed by atoms with E-state index in [1.807, 2.05) is 0 Å². The summed E-state index contributed by atoms with van der Waals surface area (Å²) in [5.74, 6) is -1.34. The summed E-state index contributed by atoms with van der Waals surface area (Å²) in [4.78, 5) is 35.8. The third-order valence-corrected chi connectivity index (χ3v) is 3.49. The van der Waals surface area contributed by atoms with E-state index in [-0.39, 0.29) is 18.7 Å². The average Bonchev–Trinajstić information content (AvgIpc) is 2.78. The fourth-order valence-electron chi connectivity index (χ4n) is 2.43. The van der Waals surface area contributed by atoms with Gasteiger partial charge in [0.05, 0.1) is 11.3 Å². The molecule has 1 aliphatic rings. The number of amides is 4. The van der Waals surface area contributed by atoms with E-state index in [1.54, 1.807) is 0 Å². The van der Waals surface area contributed by atoms with Gasteiger partial charge in [-0.25, -0.2) is 9.69 Å². The Labute approximate surface area is 141 Å². The number of hydrogen-bond acceptors (Lipinski definition) is 4. The van der Waals surface area contributed by atoms with Gasteiger partial charge in [0.1, 0.15) is 6.04 Å². The number of nitrogens with zero attached hydrogens (tertiary/aromatic N) is 1. The fraction of sp³-hybridized carbons (Fsp3) is 0.400. The lowest BCUT2D eigenvalue weighted by Crippen LogP contribution is -2.33. The molecular weight excluding hydrogens is 343 g/mol. The number of anilines is 2. The van der Waals surface area contributed by atoms with Crippen LogP contribution in [0.3, 0.4) is 0 Å². The van der Waals surface area contributed by atoms with Crippen LogP contribution in [0.2, 0.25) is 0 Å². The summed E-state index contributed by atoms with van der Waals surface area (Å²) in [5, 5.41) is 4.57. The van der Waals surface area contributed by atoms with Gasteiger partial charge in [0.25, 0.3) is 5.91 Å². The fourth-order valence-corrected chi connectivity index (χ4v) is 2.43. The van der Waals surface area contributed by atoms with Gasteiger partial charge in [0.2, 0.25) is 5.91 Å². The van der Waals surface area contributed by atoms with Gasteiger partial charge in [-0.3, -0.25) is 9.59 Å². The zero-order valence-corrected chi connectivity index (χ0v) is 13.4. The zero-order valence-electron chi connectivity index (χ0n) is 13.4. The van der Waals surface area contributed by atoms with Crippen molar-refractivity contribution in [2.75, 3.05) is 23.9 Å². The van der Waals surface area contributed by atoms with E-state index in [0.717, 1.165) is 13.0 Å². The first kappa shape index (κ1) is 18.7. The predicted octanol–water partition coefficient (Wildman–Crippen LogP) is 2.13. The number of alkyl halides is 3. The Balaban J connectivity index is 2.42. The standard InChI is InChI=1S/C15H16F3N3O4/c1-8(22)19-9-3-4-12(10(7-9)15(16,17)18)21-13(23)11(5-6-25-2)20-14(21)24/h3-4,7,11H,5-6H2,1-2H3,(H,19,22)(H,20,24)/t11-/m1/s1. The van der Waals surface area contributed by atoms with Gasteiger partial charge in [-0.1, -0.05) is 0 Å². The Hall–Kier alpha value is -2.62. The lowest BCUT2D eigenvalue weighted by Gasteiger charge is -2.20. The highest BCUT2D eigenvalue weighted by Gasteiger charge is 2.43. The van der Waals surface area contributed by atoms with Crippen LogP contribution in [0.25, 0.3) is 0 Å². The molecule has 0 unspecified atom stereocenters. The van der Waals surface area contributed by atoms with Crippen molar-refractivity contribution in [3.8, 4) is 0 Å². The second-order valence-corrected chi connectivity index (χ2v) is 5.37. The van der Waals surface area contributed by atoms with Crippen molar-refractivity contribution in [2.45, 2.75) is 25.6 Å². The highest BCUT2D eigenvalue weighted by atomic mass is 19.4. The molecule has 2 rings (SSSR count). The summed E-state index contributed by atoms with van der Waals surface area (Å²) in [6.45, 7) is 1.32. The second-order valence-electron chi connectivity index (χ2n) is 5.37. The molecule has 1 aliphatic heterocycles. The second kappa shape index (κ2) is 7.09. The van der Waals surface area contributed by atoms with Crippen LogP contribution in [-0.2, 0) is 20.5 Å². The van der Waals surface area contributed by atoms with Gasteiger partial charge in [-0.2, -0.15) is 13.2 Å². The van der Waals surface area contributed by atoms with Gasteiger partial charge in [0, 0.05) is 32.7 Å². The van der Waals surface area contributed by atoms with Crippen molar-refractivity contribution in [3.63, 3.8) is 0 Å². The van der Waals surface area contributed by atoms with E-state index in [9.17, 15) is 27.6 Å².